The van der Waals surface area contributed by atoms with E-state index >= 15 is 0 Å². The molecule has 1 fully saturated rings. The van der Waals surface area contributed by atoms with Gasteiger partial charge in [0, 0.05) is 32.1 Å². The van der Waals surface area contributed by atoms with E-state index in [0.29, 0.717) is 31.8 Å². The van der Waals surface area contributed by atoms with Gasteiger partial charge >= 0.3 is 0 Å². The van der Waals surface area contributed by atoms with Crippen LogP contribution in [0.5, 0.6) is 0 Å². The van der Waals surface area contributed by atoms with Crippen LogP contribution in [0, 0.1) is 17.6 Å². The first-order valence-corrected chi connectivity index (χ1v) is 6.95. The van der Waals surface area contributed by atoms with E-state index in [0.717, 1.165) is 25.0 Å². The van der Waals surface area contributed by atoms with E-state index in [1.165, 1.54) is 6.92 Å². The topological polar surface area (TPSA) is 49.4 Å². The maximum atomic E-state index is 13.9. The highest BCUT2D eigenvalue weighted by Crippen LogP contribution is 2.28. The summed E-state index contributed by atoms with van der Waals surface area (Å²) in [6.45, 7) is 3.11. The van der Waals surface area contributed by atoms with Crippen molar-refractivity contribution in [2.24, 2.45) is 5.92 Å². The number of carbonyl (C=O) groups is 2. The minimum Gasteiger partial charge on any atom is -0.367 e. The molecule has 1 aliphatic rings. The molecule has 4 nitrogen and oxygen atoms in total. The Bertz CT molecular complexity index is 517. The summed E-state index contributed by atoms with van der Waals surface area (Å²) in [4.78, 5) is 23.1. The fraction of sp³-hybridized carbons (Fsp3) is 0.467. The van der Waals surface area contributed by atoms with Crippen LogP contribution in [-0.4, -0.2) is 31.8 Å². The number of nitrogens with zero attached hydrogens (tertiary/aromatic N) is 1. The van der Waals surface area contributed by atoms with E-state index < -0.39 is 11.6 Å². The van der Waals surface area contributed by atoms with Gasteiger partial charge in [-0.05, 0) is 30.9 Å². The van der Waals surface area contributed by atoms with Crippen LogP contribution in [0.3, 0.4) is 0 Å². The number of aldehydes is 1. The first kappa shape index (κ1) is 15.4. The second-order valence-corrected chi connectivity index (χ2v) is 5.32. The fourth-order valence-corrected chi connectivity index (χ4v) is 2.60. The normalized spacial score (nSPS) is 15.9. The van der Waals surface area contributed by atoms with Crippen molar-refractivity contribution >= 4 is 17.9 Å². The summed E-state index contributed by atoms with van der Waals surface area (Å²) in [7, 11) is 0. The maximum Gasteiger partial charge on any atom is 0.216 e. The Morgan fingerprint density at radius 1 is 1.33 bits per heavy atom. The summed E-state index contributed by atoms with van der Waals surface area (Å²) < 4.78 is 27.9. The van der Waals surface area contributed by atoms with Gasteiger partial charge in [-0.2, -0.15) is 0 Å². The lowest BCUT2D eigenvalue weighted by Gasteiger charge is -2.34. The van der Waals surface area contributed by atoms with Crippen molar-refractivity contribution in [1.82, 2.24) is 5.32 Å². The average molecular weight is 296 g/mol. The van der Waals surface area contributed by atoms with Crippen LogP contribution in [0.1, 0.15) is 30.1 Å². The molecule has 0 unspecified atom stereocenters. The van der Waals surface area contributed by atoms with Crippen molar-refractivity contribution in [2.45, 2.75) is 19.8 Å². The number of halogens is 2. The third-order valence-corrected chi connectivity index (χ3v) is 3.75. The smallest absolute Gasteiger partial charge is 0.216 e. The average Bonchev–Trinajstić information content (AvgIpc) is 2.45. The third kappa shape index (κ3) is 3.77. The van der Waals surface area contributed by atoms with Crippen LogP contribution in [0.25, 0.3) is 0 Å². The van der Waals surface area contributed by atoms with Gasteiger partial charge in [0.05, 0.1) is 0 Å². The molecule has 21 heavy (non-hydrogen) atoms. The van der Waals surface area contributed by atoms with Crippen molar-refractivity contribution in [3.63, 3.8) is 0 Å². The van der Waals surface area contributed by atoms with Gasteiger partial charge in [0.2, 0.25) is 5.91 Å². The van der Waals surface area contributed by atoms with Crippen molar-refractivity contribution in [3.05, 3.63) is 29.3 Å². The van der Waals surface area contributed by atoms with Gasteiger partial charge in [-0.15, -0.1) is 0 Å². The number of piperidine rings is 1. The molecule has 114 valence electrons. The highest BCUT2D eigenvalue weighted by molar-refractivity contribution is 5.76. The molecule has 0 aromatic heterocycles. The molecule has 0 radical (unpaired) electrons. The first-order chi connectivity index (χ1) is 10.0. The molecule has 2 rings (SSSR count). The molecule has 1 aromatic carbocycles. The molecule has 1 heterocycles. The van der Waals surface area contributed by atoms with E-state index in [2.05, 4.69) is 5.32 Å². The number of hydrogen-bond donors (Lipinski definition) is 1. The second kappa shape index (κ2) is 6.65. The van der Waals surface area contributed by atoms with E-state index in [9.17, 15) is 18.4 Å². The minimum absolute atomic E-state index is 0.00528. The van der Waals surface area contributed by atoms with E-state index in [-0.39, 0.29) is 17.2 Å². The Labute approximate surface area is 122 Å². The molecule has 0 aliphatic carbocycles. The van der Waals surface area contributed by atoms with Gasteiger partial charge in [0.15, 0.2) is 0 Å². The summed E-state index contributed by atoms with van der Waals surface area (Å²) in [5.74, 6) is -1.17. The zero-order valence-corrected chi connectivity index (χ0v) is 11.9. The molecule has 1 amide bonds. The van der Waals surface area contributed by atoms with Crippen LogP contribution in [0.15, 0.2) is 12.1 Å². The maximum absolute atomic E-state index is 13.9. The molecule has 0 spiro atoms. The molecule has 1 aliphatic heterocycles. The molecule has 0 atom stereocenters. The molecular weight excluding hydrogens is 278 g/mol. The standard InChI is InChI=1S/C15H18F2N2O2/c1-10(21)18-8-11-2-4-19(5-3-11)15-13(16)6-12(9-20)7-14(15)17/h6-7,9,11H,2-5,8H2,1H3,(H,18,21). The lowest BCUT2D eigenvalue weighted by Crippen LogP contribution is -2.39. The van der Waals surface area contributed by atoms with Gasteiger partial charge in [-0.1, -0.05) is 0 Å². The van der Waals surface area contributed by atoms with Crippen molar-refractivity contribution in [1.29, 1.82) is 0 Å². The lowest BCUT2D eigenvalue weighted by atomic mass is 9.96. The van der Waals surface area contributed by atoms with Crippen molar-refractivity contribution < 1.29 is 18.4 Å². The molecule has 0 bridgehead atoms. The second-order valence-electron chi connectivity index (χ2n) is 5.32. The first-order valence-electron chi connectivity index (χ1n) is 6.95. The SMILES string of the molecule is CC(=O)NCC1CCN(c2c(F)cc(C=O)cc2F)CC1. The predicted octanol–water partition coefficient (Wildman–Crippen LogP) is 2.13. The van der Waals surface area contributed by atoms with Crippen molar-refractivity contribution in [2.75, 3.05) is 24.5 Å². The van der Waals surface area contributed by atoms with Crippen LogP contribution in [0.2, 0.25) is 0 Å². The van der Waals surface area contributed by atoms with Gasteiger partial charge in [-0.25, -0.2) is 8.78 Å². The number of rotatable bonds is 4. The van der Waals surface area contributed by atoms with Gasteiger partial charge < -0.3 is 10.2 Å². The summed E-state index contributed by atoms with van der Waals surface area (Å²) in [5, 5.41) is 2.76. The number of anilines is 1. The van der Waals surface area contributed by atoms with Gasteiger partial charge in [0.1, 0.15) is 23.6 Å². The van der Waals surface area contributed by atoms with Gasteiger partial charge in [-0.3, -0.25) is 9.59 Å². The molecule has 0 saturated carbocycles. The van der Waals surface area contributed by atoms with Gasteiger partial charge in [0.25, 0.3) is 0 Å². The Kier molecular flexibility index (Phi) is 4.88. The Balaban J connectivity index is 2.02. The monoisotopic (exact) mass is 296 g/mol. The molecule has 1 N–H and O–H groups in total. The number of nitrogens with one attached hydrogen (secondary N) is 1. The number of benzene rings is 1. The zero-order valence-electron chi connectivity index (χ0n) is 11.9. The molecular formula is C15H18F2N2O2. The highest BCUT2D eigenvalue weighted by atomic mass is 19.1. The Morgan fingerprint density at radius 2 is 1.90 bits per heavy atom. The number of amides is 1. The third-order valence-electron chi connectivity index (χ3n) is 3.75. The Morgan fingerprint density at radius 3 is 2.38 bits per heavy atom. The molecule has 6 heteroatoms. The fourth-order valence-electron chi connectivity index (χ4n) is 2.60. The van der Waals surface area contributed by atoms with E-state index in [1.807, 2.05) is 0 Å². The number of carbonyl (C=O) groups excluding carboxylic acids is 2. The van der Waals surface area contributed by atoms with E-state index in [1.54, 1.807) is 4.90 Å². The van der Waals surface area contributed by atoms with Crippen LogP contribution in [-0.2, 0) is 4.79 Å². The molecule has 1 saturated heterocycles. The number of hydrogen-bond acceptors (Lipinski definition) is 3. The summed E-state index contributed by atoms with van der Waals surface area (Å²) in [5.41, 5.74) is -0.0760. The summed E-state index contributed by atoms with van der Waals surface area (Å²) >= 11 is 0. The Hall–Kier alpha value is -1.98. The summed E-state index contributed by atoms with van der Waals surface area (Å²) in [6, 6.07) is 2.10. The van der Waals surface area contributed by atoms with Crippen LogP contribution >= 0.6 is 0 Å². The predicted molar refractivity (Wildman–Crippen MR) is 75.4 cm³/mol. The quantitative estimate of drug-likeness (QED) is 0.866. The molecule has 1 aromatic rings. The highest BCUT2D eigenvalue weighted by Gasteiger charge is 2.24. The largest absolute Gasteiger partial charge is 0.367 e. The van der Waals surface area contributed by atoms with Crippen LogP contribution in [0.4, 0.5) is 14.5 Å². The summed E-state index contributed by atoms with van der Waals surface area (Å²) in [6.07, 6.45) is 1.94. The minimum atomic E-state index is -0.711. The van der Waals surface area contributed by atoms with Crippen molar-refractivity contribution in [3.8, 4) is 0 Å². The zero-order chi connectivity index (χ0) is 15.4. The van der Waals surface area contributed by atoms with E-state index in [4.69, 9.17) is 0 Å². The lowest BCUT2D eigenvalue weighted by molar-refractivity contribution is -0.119. The van der Waals surface area contributed by atoms with Crippen LogP contribution < -0.4 is 10.2 Å².